The molecule has 0 aliphatic carbocycles. The van der Waals surface area contributed by atoms with Gasteiger partial charge in [-0.05, 0) is 37.7 Å². The lowest BCUT2D eigenvalue weighted by Gasteiger charge is -2.18. The Morgan fingerprint density at radius 1 is 1.33 bits per heavy atom. The number of hydrogen-bond acceptors (Lipinski definition) is 3. The lowest BCUT2D eigenvalue weighted by atomic mass is 10.2. The molecule has 0 bridgehead atoms. The number of nitrogens with zero attached hydrogens (tertiary/aromatic N) is 1. The van der Waals surface area contributed by atoms with E-state index in [4.69, 9.17) is 4.74 Å². The minimum Gasteiger partial charge on any atom is -0.495 e. The first-order chi connectivity index (χ1) is 10.0. The van der Waals surface area contributed by atoms with E-state index in [9.17, 15) is 4.79 Å². The molecule has 0 aliphatic heterocycles. The fourth-order valence-electron chi connectivity index (χ4n) is 2.06. The molecule has 0 spiro atoms. The van der Waals surface area contributed by atoms with Crippen LogP contribution in [-0.2, 0) is 0 Å². The molecular weight excluding hydrogens is 334 g/mol. The molecular formula is C15H24BrN3O2. The zero-order chi connectivity index (χ0) is 15.8. The van der Waals surface area contributed by atoms with Crippen LogP contribution in [0.2, 0.25) is 0 Å². The van der Waals surface area contributed by atoms with Crippen molar-refractivity contribution in [3.8, 4) is 5.75 Å². The topological polar surface area (TPSA) is 53.6 Å². The van der Waals surface area contributed by atoms with Gasteiger partial charge in [-0.2, -0.15) is 0 Å². The fourth-order valence-corrected chi connectivity index (χ4v) is 2.61. The molecule has 6 heteroatoms. The normalized spacial score (nSPS) is 10.6. The number of amides is 2. The molecule has 1 aromatic carbocycles. The van der Waals surface area contributed by atoms with Crippen LogP contribution in [0, 0.1) is 6.92 Å². The summed E-state index contributed by atoms with van der Waals surface area (Å²) in [6.45, 7) is 9.58. The molecule has 0 radical (unpaired) electrons. The van der Waals surface area contributed by atoms with Gasteiger partial charge in [0.05, 0.1) is 12.8 Å². The molecule has 0 saturated heterocycles. The first-order valence-corrected chi connectivity index (χ1v) is 7.92. The van der Waals surface area contributed by atoms with E-state index in [-0.39, 0.29) is 6.03 Å². The van der Waals surface area contributed by atoms with Gasteiger partial charge in [-0.1, -0.05) is 29.8 Å². The van der Waals surface area contributed by atoms with Crippen molar-refractivity contribution < 1.29 is 9.53 Å². The van der Waals surface area contributed by atoms with Gasteiger partial charge >= 0.3 is 6.03 Å². The van der Waals surface area contributed by atoms with Gasteiger partial charge in [0, 0.05) is 17.6 Å². The van der Waals surface area contributed by atoms with Crippen LogP contribution in [-0.4, -0.2) is 44.2 Å². The Bertz CT molecular complexity index is 476. The molecule has 0 fully saturated rings. The van der Waals surface area contributed by atoms with Crippen LogP contribution in [0.5, 0.6) is 5.75 Å². The third-order valence-electron chi connectivity index (χ3n) is 3.33. The van der Waals surface area contributed by atoms with Gasteiger partial charge in [0.25, 0.3) is 0 Å². The van der Waals surface area contributed by atoms with Gasteiger partial charge in [-0.25, -0.2) is 4.79 Å². The second kappa shape index (κ2) is 8.89. The first kappa shape index (κ1) is 17.8. The van der Waals surface area contributed by atoms with E-state index in [2.05, 4.69) is 45.3 Å². The smallest absolute Gasteiger partial charge is 0.319 e. The number of anilines is 1. The summed E-state index contributed by atoms with van der Waals surface area (Å²) in [5.74, 6) is 0.640. The molecule has 0 unspecified atom stereocenters. The lowest BCUT2D eigenvalue weighted by Crippen LogP contribution is -2.37. The number of halogens is 1. The largest absolute Gasteiger partial charge is 0.495 e. The summed E-state index contributed by atoms with van der Waals surface area (Å²) in [6.07, 6.45) is 0. The average molecular weight is 358 g/mol. The highest BCUT2D eigenvalue weighted by atomic mass is 79.9. The summed E-state index contributed by atoms with van der Waals surface area (Å²) in [5, 5.41) is 5.72. The van der Waals surface area contributed by atoms with Crippen LogP contribution in [0.4, 0.5) is 10.5 Å². The number of benzene rings is 1. The highest BCUT2D eigenvalue weighted by Gasteiger charge is 2.11. The maximum absolute atomic E-state index is 12.0. The Hall–Kier alpha value is -1.27. The molecule has 0 aliphatic rings. The average Bonchev–Trinajstić information content (AvgIpc) is 2.46. The molecule has 118 valence electrons. The van der Waals surface area contributed by atoms with E-state index in [0.29, 0.717) is 18.0 Å². The number of urea groups is 1. The van der Waals surface area contributed by atoms with E-state index >= 15 is 0 Å². The quantitative estimate of drug-likeness (QED) is 0.787. The Kier molecular flexibility index (Phi) is 7.53. The summed E-state index contributed by atoms with van der Waals surface area (Å²) >= 11 is 3.41. The number of likely N-dealkylation sites (N-methyl/N-ethyl adjacent to an activating group) is 1. The highest BCUT2D eigenvalue weighted by Crippen LogP contribution is 2.31. The van der Waals surface area contributed by atoms with E-state index < -0.39 is 0 Å². The van der Waals surface area contributed by atoms with Crippen LogP contribution in [0.25, 0.3) is 0 Å². The van der Waals surface area contributed by atoms with Crippen LogP contribution < -0.4 is 15.4 Å². The van der Waals surface area contributed by atoms with Crippen LogP contribution in [0.1, 0.15) is 19.4 Å². The van der Waals surface area contributed by atoms with Gasteiger partial charge in [-0.15, -0.1) is 0 Å². The predicted molar refractivity (Wildman–Crippen MR) is 90.2 cm³/mol. The number of carbonyl (C=O) groups excluding carboxylic acids is 1. The zero-order valence-electron chi connectivity index (χ0n) is 13.1. The number of ether oxygens (including phenoxy) is 1. The van der Waals surface area contributed by atoms with Crippen molar-refractivity contribution >= 4 is 27.6 Å². The molecule has 0 heterocycles. The molecule has 21 heavy (non-hydrogen) atoms. The zero-order valence-corrected chi connectivity index (χ0v) is 14.7. The Morgan fingerprint density at radius 3 is 2.57 bits per heavy atom. The van der Waals surface area contributed by atoms with Gasteiger partial charge in [-0.3, -0.25) is 0 Å². The van der Waals surface area contributed by atoms with Gasteiger partial charge < -0.3 is 20.3 Å². The molecule has 1 rings (SSSR count). The van der Waals surface area contributed by atoms with E-state index in [1.807, 2.05) is 19.1 Å². The van der Waals surface area contributed by atoms with Crippen LogP contribution in [0.3, 0.4) is 0 Å². The third-order valence-corrected chi connectivity index (χ3v) is 3.79. The van der Waals surface area contributed by atoms with Crippen molar-refractivity contribution in [3.63, 3.8) is 0 Å². The second-order valence-electron chi connectivity index (χ2n) is 4.71. The first-order valence-electron chi connectivity index (χ1n) is 7.13. The number of hydrogen-bond donors (Lipinski definition) is 2. The van der Waals surface area contributed by atoms with Gasteiger partial charge in [0.1, 0.15) is 5.75 Å². The molecule has 2 N–H and O–H groups in total. The number of rotatable bonds is 7. The number of aryl methyl sites for hydroxylation is 1. The van der Waals surface area contributed by atoms with Crippen molar-refractivity contribution in [2.45, 2.75) is 20.8 Å². The number of methoxy groups -OCH3 is 1. The van der Waals surface area contributed by atoms with Crippen molar-refractivity contribution in [3.05, 3.63) is 22.2 Å². The second-order valence-corrected chi connectivity index (χ2v) is 5.62. The molecule has 0 saturated carbocycles. The molecule has 0 aromatic heterocycles. The molecule has 5 nitrogen and oxygen atoms in total. The summed E-state index contributed by atoms with van der Waals surface area (Å²) in [5.41, 5.74) is 1.64. The fraction of sp³-hybridized carbons (Fsp3) is 0.533. The number of nitrogens with one attached hydrogen (secondary N) is 2. The van der Waals surface area contributed by atoms with Crippen molar-refractivity contribution in [1.29, 1.82) is 0 Å². The van der Waals surface area contributed by atoms with Crippen molar-refractivity contribution in [1.82, 2.24) is 10.2 Å². The standard InChI is InChI=1S/C15H24BrN3O2/c1-5-19(6-2)8-7-17-15(20)18-14-11(3)9-12(16)10-13(14)21-4/h9-10H,5-8H2,1-4H3,(H2,17,18,20). The molecule has 2 amide bonds. The van der Waals surface area contributed by atoms with E-state index in [1.165, 1.54) is 0 Å². The molecule has 1 aromatic rings. The lowest BCUT2D eigenvalue weighted by molar-refractivity contribution is 0.247. The van der Waals surface area contributed by atoms with Crippen molar-refractivity contribution in [2.75, 3.05) is 38.6 Å². The minimum absolute atomic E-state index is 0.217. The Morgan fingerprint density at radius 2 is 2.00 bits per heavy atom. The number of carbonyl (C=O) groups is 1. The van der Waals surface area contributed by atoms with Crippen LogP contribution in [0.15, 0.2) is 16.6 Å². The summed E-state index contributed by atoms with van der Waals surface area (Å²) in [6, 6.07) is 3.55. The predicted octanol–water partition coefficient (Wildman–Crippen LogP) is 3.23. The summed E-state index contributed by atoms with van der Waals surface area (Å²) < 4.78 is 6.23. The van der Waals surface area contributed by atoms with Gasteiger partial charge in [0.2, 0.25) is 0 Å². The van der Waals surface area contributed by atoms with E-state index in [0.717, 1.165) is 29.7 Å². The Balaban J connectivity index is 2.59. The van der Waals surface area contributed by atoms with Crippen molar-refractivity contribution in [2.24, 2.45) is 0 Å². The van der Waals surface area contributed by atoms with Crippen LogP contribution >= 0.6 is 15.9 Å². The Labute approximate surface area is 135 Å². The molecule has 0 atom stereocenters. The monoisotopic (exact) mass is 357 g/mol. The maximum Gasteiger partial charge on any atom is 0.319 e. The van der Waals surface area contributed by atoms with Gasteiger partial charge in [0.15, 0.2) is 0 Å². The maximum atomic E-state index is 12.0. The third kappa shape index (κ3) is 5.55. The highest BCUT2D eigenvalue weighted by molar-refractivity contribution is 9.10. The summed E-state index contributed by atoms with van der Waals surface area (Å²) in [4.78, 5) is 14.2. The summed E-state index contributed by atoms with van der Waals surface area (Å²) in [7, 11) is 1.59. The van der Waals surface area contributed by atoms with E-state index in [1.54, 1.807) is 7.11 Å². The minimum atomic E-state index is -0.217. The SMILES string of the molecule is CCN(CC)CCNC(=O)Nc1c(C)cc(Br)cc1OC.